The van der Waals surface area contributed by atoms with Gasteiger partial charge in [-0.05, 0) is 12.1 Å². The van der Waals surface area contributed by atoms with Gasteiger partial charge in [0, 0.05) is 13.1 Å². The molecule has 12 heavy (non-hydrogen) atoms. The Morgan fingerprint density at radius 3 is 2.50 bits per heavy atom. The SMILES string of the molecule is CN(C#N)c1ccc(F)c(F)c1. The van der Waals surface area contributed by atoms with E-state index in [1.54, 1.807) is 6.19 Å². The Hall–Kier alpha value is -1.63. The lowest BCUT2D eigenvalue weighted by molar-refractivity contribution is 0.509. The molecule has 1 aromatic carbocycles. The van der Waals surface area contributed by atoms with E-state index >= 15 is 0 Å². The van der Waals surface area contributed by atoms with Gasteiger partial charge in [-0.1, -0.05) is 0 Å². The van der Waals surface area contributed by atoms with Gasteiger partial charge >= 0.3 is 0 Å². The lowest BCUT2D eigenvalue weighted by Gasteiger charge is -2.07. The predicted octanol–water partition coefficient (Wildman–Crippen LogP) is 1.88. The van der Waals surface area contributed by atoms with Gasteiger partial charge in [0.2, 0.25) is 0 Å². The number of benzene rings is 1. The summed E-state index contributed by atoms with van der Waals surface area (Å²) in [6, 6.07) is 3.29. The summed E-state index contributed by atoms with van der Waals surface area (Å²) in [5.74, 6) is -1.86. The summed E-state index contributed by atoms with van der Waals surface area (Å²) in [5, 5.41) is 8.41. The van der Waals surface area contributed by atoms with Gasteiger partial charge in [-0.3, -0.25) is 4.90 Å². The molecule has 1 aromatic rings. The maximum absolute atomic E-state index is 12.6. The van der Waals surface area contributed by atoms with E-state index in [1.807, 2.05) is 0 Å². The summed E-state index contributed by atoms with van der Waals surface area (Å²) >= 11 is 0. The molecule has 0 aliphatic heterocycles. The number of anilines is 1. The van der Waals surface area contributed by atoms with Crippen molar-refractivity contribution in [2.75, 3.05) is 11.9 Å². The largest absolute Gasteiger partial charge is 0.282 e. The first-order valence-electron chi connectivity index (χ1n) is 3.23. The zero-order valence-corrected chi connectivity index (χ0v) is 6.38. The molecule has 0 saturated heterocycles. The first kappa shape index (κ1) is 8.47. The fourth-order valence-electron chi connectivity index (χ4n) is 0.751. The third-order valence-electron chi connectivity index (χ3n) is 1.44. The summed E-state index contributed by atoms with van der Waals surface area (Å²) in [6.07, 6.45) is 1.77. The maximum Gasteiger partial charge on any atom is 0.183 e. The topological polar surface area (TPSA) is 27.0 Å². The quantitative estimate of drug-likeness (QED) is 0.473. The highest BCUT2D eigenvalue weighted by Gasteiger charge is 2.04. The molecule has 1 rings (SSSR count). The van der Waals surface area contributed by atoms with Crippen LogP contribution in [0.1, 0.15) is 0 Å². The van der Waals surface area contributed by atoms with E-state index in [0.717, 1.165) is 17.0 Å². The van der Waals surface area contributed by atoms with Crippen LogP contribution in [0.15, 0.2) is 18.2 Å². The van der Waals surface area contributed by atoms with Crippen LogP contribution in [0.2, 0.25) is 0 Å². The molecule has 0 spiro atoms. The third-order valence-corrected chi connectivity index (χ3v) is 1.44. The van der Waals surface area contributed by atoms with Crippen LogP contribution in [-0.2, 0) is 0 Å². The Balaban J connectivity index is 3.06. The molecule has 0 amide bonds. The minimum absolute atomic E-state index is 0.330. The number of halogens is 2. The van der Waals surface area contributed by atoms with Crippen LogP contribution < -0.4 is 4.90 Å². The van der Waals surface area contributed by atoms with Crippen LogP contribution in [0.25, 0.3) is 0 Å². The molecule has 62 valence electrons. The highest BCUT2D eigenvalue weighted by molar-refractivity contribution is 5.49. The summed E-state index contributed by atoms with van der Waals surface area (Å²) in [6.45, 7) is 0. The number of nitrogens with zero attached hydrogens (tertiary/aromatic N) is 2. The van der Waals surface area contributed by atoms with Crippen molar-refractivity contribution < 1.29 is 8.78 Å². The van der Waals surface area contributed by atoms with Crippen LogP contribution in [0, 0.1) is 23.1 Å². The number of hydrogen-bond donors (Lipinski definition) is 0. The smallest absolute Gasteiger partial charge is 0.183 e. The molecule has 0 atom stereocenters. The first-order chi connectivity index (χ1) is 5.65. The molecule has 0 N–H and O–H groups in total. The normalized spacial score (nSPS) is 9.17. The van der Waals surface area contributed by atoms with E-state index in [2.05, 4.69) is 0 Å². The van der Waals surface area contributed by atoms with E-state index in [9.17, 15) is 8.78 Å². The zero-order chi connectivity index (χ0) is 9.14. The number of rotatable bonds is 1. The van der Waals surface area contributed by atoms with Crippen LogP contribution in [-0.4, -0.2) is 7.05 Å². The maximum atomic E-state index is 12.6. The Bertz CT molecular complexity index is 330. The molecule has 0 fully saturated rings. The molecule has 0 heterocycles. The Morgan fingerprint density at radius 1 is 1.33 bits per heavy atom. The summed E-state index contributed by atoms with van der Waals surface area (Å²) < 4.78 is 25.0. The molecule has 0 radical (unpaired) electrons. The molecular formula is C8H6F2N2. The van der Waals surface area contributed by atoms with Crippen molar-refractivity contribution in [2.45, 2.75) is 0 Å². The van der Waals surface area contributed by atoms with E-state index < -0.39 is 11.6 Å². The monoisotopic (exact) mass is 168 g/mol. The van der Waals surface area contributed by atoms with Crippen molar-refractivity contribution >= 4 is 5.69 Å². The highest BCUT2D eigenvalue weighted by atomic mass is 19.2. The van der Waals surface area contributed by atoms with Gasteiger partial charge in [0.1, 0.15) is 0 Å². The second-order valence-corrected chi connectivity index (χ2v) is 2.26. The van der Waals surface area contributed by atoms with E-state index in [4.69, 9.17) is 5.26 Å². The third kappa shape index (κ3) is 1.51. The van der Waals surface area contributed by atoms with E-state index in [0.29, 0.717) is 5.69 Å². The van der Waals surface area contributed by atoms with Crippen LogP contribution in [0.3, 0.4) is 0 Å². The van der Waals surface area contributed by atoms with Crippen molar-refractivity contribution in [3.8, 4) is 6.19 Å². The Labute approximate surface area is 68.6 Å². The number of hydrogen-bond acceptors (Lipinski definition) is 2. The standard InChI is InChI=1S/C8H6F2N2/c1-12(5-11)6-2-3-7(9)8(10)4-6/h2-4H,1H3. The average Bonchev–Trinajstić information content (AvgIpc) is 2.08. The molecule has 4 heteroatoms. The van der Waals surface area contributed by atoms with Crippen molar-refractivity contribution in [3.05, 3.63) is 29.8 Å². The van der Waals surface area contributed by atoms with Crippen molar-refractivity contribution in [1.82, 2.24) is 0 Å². The molecule has 0 aromatic heterocycles. The predicted molar refractivity (Wildman–Crippen MR) is 40.4 cm³/mol. The molecule has 0 saturated carbocycles. The fraction of sp³-hybridized carbons (Fsp3) is 0.125. The second kappa shape index (κ2) is 3.18. The van der Waals surface area contributed by atoms with Gasteiger partial charge in [0.15, 0.2) is 17.8 Å². The second-order valence-electron chi connectivity index (χ2n) is 2.26. The lowest BCUT2D eigenvalue weighted by atomic mass is 10.3. The summed E-state index contributed by atoms with van der Waals surface area (Å²) in [7, 11) is 1.46. The van der Waals surface area contributed by atoms with Crippen LogP contribution in [0.5, 0.6) is 0 Å². The summed E-state index contributed by atoms with van der Waals surface area (Å²) in [5.41, 5.74) is 0.330. The van der Waals surface area contributed by atoms with Gasteiger partial charge in [-0.15, -0.1) is 0 Å². The molecule has 2 nitrogen and oxygen atoms in total. The summed E-state index contributed by atoms with van der Waals surface area (Å²) in [4.78, 5) is 1.14. The minimum Gasteiger partial charge on any atom is -0.282 e. The fourth-order valence-corrected chi connectivity index (χ4v) is 0.751. The Morgan fingerprint density at radius 2 is 2.00 bits per heavy atom. The molecule has 0 bridgehead atoms. The average molecular weight is 168 g/mol. The van der Waals surface area contributed by atoms with Crippen molar-refractivity contribution in [3.63, 3.8) is 0 Å². The van der Waals surface area contributed by atoms with Gasteiger partial charge in [-0.25, -0.2) is 8.78 Å². The van der Waals surface area contributed by atoms with Crippen LogP contribution >= 0.6 is 0 Å². The lowest BCUT2D eigenvalue weighted by Crippen LogP contribution is -2.08. The van der Waals surface area contributed by atoms with Crippen molar-refractivity contribution in [1.29, 1.82) is 5.26 Å². The van der Waals surface area contributed by atoms with Gasteiger partial charge < -0.3 is 0 Å². The molecular weight excluding hydrogens is 162 g/mol. The molecule has 0 aliphatic carbocycles. The first-order valence-corrected chi connectivity index (χ1v) is 3.23. The van der Waals surface area contributed by atoms with E-state index in [-0.39, 0.29) is 0 Å². The van der Waals surface area contributed by atoms with Crippen molar-refractivity contribution in [2.24, 2.45) is 0 Å². The van der Waals surface area contributed by atoms with Gasteiger partial charge in [0.05, 0.1) is 5.69 Å². The van der Waals surface area contributed by atoms with Gasteiger partial charge in [-0.2, -0.15) is 5.26 Å². The number of nitriles is 1. The highest BCUT2D eigenvalue weighted by Crippen LogP contribution is 2.15. The molecule has 0 unspecified atom stereocenters. The molecule has 0 aliphatic rings. The van der Waals surface area contributed by atoms with Gasteiger partial charge in [0.25, 0.3) is 0 Å². The zero-order valence-electron chi connectivity index (χ0n) is 6.38. The van der Waals surface area contributed by atoms with Crippen LogP contribution in [0.4, 0.5) is 14.5 Å². The Kier molecular flexibility index (Phi) is 2.24. The minimum atomic E-state index is -0.949. The van der Waals surface area contributed by atoms with E-state index in [1.165, 1.54) is 13.1 Å².